The Morgan fingerprint density at radius 1 is 1.11 bits per heavy atom. The molecule has 2 rings (SSSR count). The van der Waals surface area contributed by atoms with Crippen molar-refractivity contribution in [3.8, 4) is 0 Å². The van der Waals surface area contributed by atoms with Crippen molar-refractivity contribution >= 4 is 22.4 Å². The van der Waals surface area contributed by atoms with Gasteiger partial charge in [0.1, 0.15) is 5.82 Å². The van der Waals surface area contributed by atoms with Gasteiger partial charge < -0.3 is 0 Å². The van der Waals surface area contributed by atoms with Crippen LogP contribution in [0.5, 0.6) is 0 Å². The average molecular weight is 297 g/mol. The van der Waals surface area contributed by atoms with Gasteiger partial charge in [-0.2, -0.15) is 0 Å². The number of aryl methyl sites for hydroxylation is 1. The summed E-state index contributed by atoms with van der Waals surface area (Å²) < 4.78 is 25.6. The highest BCUT2D eigenvalue weighted by atomic mass is 35.5. The summed E-state index contributed by atoms with van der Waals surface area (Å²) in [7, 11) is -1.17. The fourth-order valence-corrected chi connectivity index (χ4v) is 3.34. The normalized spacial score (nSPS) is 12.4. The highest BCUT2D eigenvalue weighted by Gasteiger charge is 2.11. The number of hydrogen-bond donors (Lipinski definition) is 0. The van der Waals surface area contributed by atoms with Crippen LogP contribution < -0.4 is 0 Å². The smallest absolute Gasteiger partial charge is 0.128 e. The SMILES string of the molecule is Cc1ccc(C[S@](=O)Cc2c(F)cccc2Cl)cc1. The van der Waals surface area contributed by atoms with Crippen molar-refractivity contribution in [2.75, 3.05) is 0 Å². The third-order valence-corrected chi connectivity index (χ3v) is 4.44. The standard InChI is InChI=1S/C15H14ClFOS/c1-11-5-7-12(8-6-11)9-19(18)10-13-14(16)3-2-4-15(13)17/h2-8H,9-10H2,1H3/t19-/m0/s1. The van der Waals surface area contributed by atoms with Crippen molar-refractivity contribution in [1.82, 2.24) is 0 Å². The van der Waals surface area contributed by atoms with Gasteiger partial charge >= 0.3 is 0 Å². The lowest BCUT2D eigenvalue weighted by Crippen LogP contribution is -2.02. The summed E-state index contributed by atoms with van der Waals surface area (Å²) in [5, 5.41) is 0.331. The van der Waals surface area contributed by atoms with Gasteiger partial charge in [0.15, 0.2) is 0 Å². The fourth-order valence-electron chi connectivity index (χ4n) is 1.75. The van der Waals surface area contributed by atoms with Crippen LogP contribution in [0.1, 0.15) is 16.7 Å². The van der Waals surface area contributed by atoms with E-state index in [2.05, 4.69) is 0 Å². The van der Waals surface area contributed by atoms with Crippen LogP contribution in [0.4, 0.5) is 4.39 Å². The molecule has 0 aliphatic heterocycles. The molecule has 2 aromatic rings. The molecule has 100 valence electrons. The molecule has 0 saturated carbocycles. The van der Waals surface area contributed by atoms with Crippen molar-refractivity contribution in [1.29, 1.82) is 0 Å². The molecule has 0 aliphatic carbocycles. The molecule has 0 aromatic heterocycles. The third-order valence-electron chi connectivity index (χ3n) is 2.82. The summed E-state index contributed by atoms with van der Waals surface area (Å²) in [4.78, 5) is 0. The third kappa shape index (κ3) is 3.88. The van der Waals surface area contributed by atoms with Crippen LogP contribution >= 0.6 is 11.6 Å². The Morgan fingerprint density at radius 3 is 2.42 bits per heavy atom. The summed E-state index contributed by atoms with van der Waals surface area (Å²) in [5.74, 6) is 0.148. The van der Waals surface area contributed by atoms with Crippen molar-refractivity contribution in [2.24, 2.45) is 0 Å². The minimum Gasteiger partial charge on any atom is -0.259 e. The van der Waals surface area contributed by atoms with Crippen LogP contribution in [0.25, 0.3) is 0 Å². The zero-order chi connectivity index (χ0) is 13.8. The monoisotopic (exact) mass is 296 g/mol. The first-order chi connectivity index (χ1) is 9.06. The topological polar surface area (TPSA) is 17.1 Å². The highest BCUT2D eigenvalue weighted by molar-refractivity contribution is 7.83. The molecule has 4 heteroatoms. The number of rotatable bonds is 4. The Kier molecular flexibility index (Phi) is 4.72. The second-order valence-corrected chi connectivity index (χ2v) is 6.28. The first-order valence-electron chi connectivity index (χ1n) is 5.89. The van der Waals surface area contributed by atoms with Gasteiger partial charge in [0.25, 0.3) is 0 Å². The Labute approximate surface area is 119 Å². The number of halogens is 2. The minimum absolute atomic E-state index is 0.138. The second kappa shape index (κ2) is 6.31. The molecule has 19 heavy (non-hydrogen) atoms. The molecular formula is C15H14ClFOS. The zero-order valence-electron chi connectivity index (χ0n) is 10.5. The zero-order valence-corrected chi connectivity index (χ0v) is 12.1. The van der Waals surface area contributed by atoms with E-state index in [1.54, 1.807) is 12.1 Å². The van der Waals surface area contributed by atoms with Crippen molar-refractivity contribution in [2.45, 2.75) is 18.4 Å². The lowest BCUT2D eigenvalue weighted by Gasteiger charge is -2.06. The molecule has 0 aliphatic rings. The second-order valence-electron chi connectivity index (χ2n) is 4.41. The summed E-state index contributed by atoms with van der Waals surface area (Å²) >= 11 is 5.92. The lowest BCUT2D eigenvalue weighted by atomic mass is 10.2. The largest absolute Gasteiger partial charge is 0.259 e. The fraction of sp³-hybridized carbons (Fsp3) is 0.200. The van der Waals surface area contributed by atoms with Gasteiger partial charge in [0.2, 0.25) is 0 Å². The van der Waals surface area contributed by atoms with E-state index in [4.69, 9.17) is 11.6 Å². The summed E-state index contributed by atoms with van der Waals surface area (Å²) in [6.07, 6.45) is 0. The van der Waals surface area contributed by atoms with Gasteiger partial charge in [-0.05, 0) is 24.6 Å². The Morgan fingerprint density at radius 2 is 1.79 bits per heavy atom. The van der Waals surface area contributed by atoms with E-state index in [9.17, 15) is 8.60 Å². The van der Waals surface area contributed by atoms with Gasteiger partial charge in [-0.3, -0.25) is 4.21 Å². The molecule has 0 radical (unpaired) electrons. The molecule has 1 nitrogen and oxygen atoms in total. The van der Waals surface area contributed by atoms with E-state index in [0.29, 0.717) is 16.3 Å². The quantitative estimate of drug-likeness (QED) is 0.825. The Balaban J connectivity index is 2.07. The first-order valence-corrected chi connectivity index (χ1v) is 7.76. The Bertz CT molecular complexity index is 575. The molecular weight excluding hydrogens is 283 g/mol. The maximum Gasteiger partial charge on any atom is 0.128 e. The van der Waals surface area contributed by atoms with Gasteiger partial charge in [0.05, 0.1) is 5.75 Å². The van der Waals surface area contributed by atoms with Crippen LogP contribution in [0.15, 0.2) is 42.5 Å². The van der Waals surface area contributed by atoms with Crippen LogP contribution in [-0.4, -0.2) is 4.21 Å². The Hall–Kier alpha value is -1.19. The molecule has 0 bridgehead atoms. The minimum atomic E-state index is -1.17. The van der Waals surface area contributed by atoms with Gasteiger partial charge in [0, 0.05) is 27.1 Å². The molecule has 0 amide bonds. The van der Waals surface area contributed by atoms with Gasteiger partial charge in [-0.1, -0.05) is 47.5 Å². The van der Waals surface area contributed by atoms with E-state index in [-0.39, 0.29) is 5.75 Å². The van der Waals surface area contributed by atoms with Gasteiger partial charge in [-0.25, -0.2) is 4.39 Å². The van der Waals surface area contributed by atoms with Gasteiger partial charge in [-0.15, -0.1) is 0 Å². The van der Waals surface area contributed by atoms with E-state index in [0.717, 1.165) is 11.1 Å². The molecule has 1 atom stereocenters. The predicted octanol–water partition coefficient (Wildman–Crippen LogP) is 4.24. The molecule has 0 spiro atoms. The lowest BCUT2D eigenvalue weighted by molar-refractivity contribution is 0.615. The van der Waals surface area contributed by atoms with Crippen molar-refractivity contribution in [3.63, 3.8) is 0 Å². The molecule has 2 aromatic carbocycles. The van der Waals surface area contributed by atoms with E-state index < -0.39 is 16.6 Å². The molecule has 0 saturated heterocycles. The summed E-state index contributed by atoms with van der Waals surface area (Å²) in [6.45, 7) is 2.00. The van der Waals surface area contributed by atoms with Crippen molar-refractivity contribution < 1.29 is 8.60 Å². The average Bonchev–Trinajstić information content (AvgIpc) is 2.37. The maximum atomic E-state index is 13.6. The summed E-state index contributed by atoms with van der Waals surface area (Å²) in [6, 6.07) is 12.3. The summed E-state index contributed by atoms with van der Waals surface area (Å²) in [5.41, 5.74) is 2.47. The van der Waals surface area contributed by atoms with E-state index in [1.165, 1.54) is 6.07 Å². The number of hydrogen-bond acceptors (Lipinski definition) is 1. The van der Waals surface area contributed by atoms with Crippen LogP contribution in [0.2, 0.25) is 5.02 Å². The highest BCUT2D eigenvalue weighted by Crippen LogP contribution is 2.21. The maximum absolute atomic E-state index is 13.6. The molecule has 0 fully saturated rings. The van der Waals surface area contributed by atoms with Crippen LogP contribution in [0, 0.1) is 12.7 Å². The molecule has 0 N–H and O–H groups in total. The van der Waals surface area contributed by atoms with Crippen molar-refractivity contribution in [3.05, 3.63) is 70.0 Å². The molecule has 0 unspecified atom stereocenters. The van der Waals surface area contributed by atoms with E-state index >= 15 is 0 Å². The van der Waals surface area contributed by atoms with Crippen LogP contribution in [0.3, 0.4) is 0 Å². The number of benzene rings is 2. The first kappa shape index (κ1) is 14.2. The predicted molar refractivity (Wildman–Crippen MR) is 78.1 cm³/mol. The molecule has 0 heterocycles. The van der Waals surface area contributed by atoms with E-state index in [1.807, 2.05) is 31.2 Å². The van der Waals surface area contributed by atoms with Crippen LogP contribution in [-0.2, 0) is 22.3 Å².